The average Bonchev–Trinajstić information content (AvgIpc) is 2.58. The van der Waals surface area contributed by atoms with Gasteiger partial charge in [-0.25, -0.2) is 0 Å². The summed E-state index contributed by atoms with van der Waals surface area (Å²) >= 11 is 3.49. The first-order valence-electron chi connectivity index (χ1n) is 9.40. The van der Waals surface area contributed by atoms with Gasteiger partial charge < -0.3 is 4.48 Å². The van der Waals surface area contributed by atoms with Crippen molar-refractivity contribution in [3.8, 4) is 0 Å². The summed E-state index contributed by atoms with van der Waals surface area (Å²) in [7, 11) is 0. The fourth-order valence-electron chi connectivity index (χ4n) is 3.08. The monoisotopic (exact) mass is 380 g/mol. The number of unbranched alkanes of at least 4 members (excludes halogenated alkanes) is 4. The molecule has 1 nitrogen and oxygen atoms in total. The molecule has 0 fully saturated rings. The Kier molecular flexibility index (Phi) is 10.5. The van der Waals surface area contributed by atoms with Crippen molar-refractivity contribution in [1.29, 1.82) is 0 Å². The molecule has 0 aliphatic heterocycles. The van der Waals surface area contributed by atoms with E-state index in [0.717, 1.165) is 10.9 Å². The lowest BCUT2D eigenvalue weighted by Crippen LogP contribution is -2.48. The minimum Gasteiger partial charge on any atom is -0.321 e. The van der Waals surface area contributed by atoms with E-state index in [9.17, 15) is 0 Å². The molecule has 0 N–H and O–H groups in total. The van der Waals surface area contributed by atoms with Gasteiger partial charge in [-0.3, -0.25) is 0 Å². The molecular weight excluding hydrogens is 346 g/mol. The smallest absolute Gasteiger partial charge is 0.0973 e. The van der Waals surface area contributed by atoms with E-state index < -0.39 is 0 Å². The van der Waals surface area contributed by atoms with Crippen molar-refractivity contribution in [2.24, 2.45) is 0 Å². The molecule has 0 amide bonds. The Morgan fingerprint density at radius 3 is 2.13 bits per heavy atom. The van der Waals surface area contributed by atoms with Crippen LogP contribution in [0.25, 0.3) is 0 Å². The molecule has 0 unspecified atom stereocenters. The molecule has 130 valence electrons. The van der Waals surface area contributed by atoms with Crippen LogP contribution >= 0.6 is 15.9 Å². The molecule has 0 atom stereocenters. The van der Waals surface area contributed by atoms with Crippen molar-refractivity contribution >= 4 is 15.9 Å². The van der Waals surface area contributed by atoms with Crippen LogP contribution in [0.3, 0.4) is 0 Å². The highest BCUT2D eigenvalue weighted by Gasteiger charge is 2.20. The molecule has 1 rings (SSSR count). The van der Waals surface area contributed by atoms with Gasteiger partial charge in [0.15, 0.2) is 0 Å². The second-order valence-electron chi connectivity index (χ2n) is 6.60. The Labute approximate surface area is 152 Å². The van der Waals surface area contributed by atoms with E-state index >= 15 is 0 Å². The summed E-state index contributed by atoms with van der Waals surface area (Å²) in [5.74, 6) is 0. The maximum absolute atomic E-state index is 3.49. The zero-order chi connectivity index (χ0) is 17.0. The van der Waals surface area contributed by atoms with Crippen molar-refractivity contribution < 1.29 is 4.48 Å². The molecule has 0 aliphatic carbocycles. The van der Waals surface area contributed by atoms with Gasteiger partial charge in [-0.2, -0.15) is 0 Å². The predicted molar refractivity (Wildman–Crippen MR) is 107 cm³/mol. The van der Waals surface area contributed by atoms with E-state index in [1.54, 1.807) is 0 Å². The van der Waals surface area contributed by atoms with Crippen LogP contribution in [-0.2, 0) is 6.42 Å². The van der Waals surface area contributed by atoms with E-state index in [1.165, 1.54) is 68.3 Å². The van der Waals surface area contributed by atoms with E-state index in [2.05, 4.69) is 73.1 Å². The number of halogens is 1. The van der Waals surface area contributed by atoms with Crippen molar-refractivity contribution in [1.82, 2.24) is 0 Å². The van der Waals surface area contributed by atoms with E-state index in [4.69, 9.17) is 0 Å². The number of likely N-dealkylation sites (N-methyl/N-ethyl adjacent to an activating group) is 1. The van der Waals surface area contributed by atoms with Crippen molar-refractivity contribution in [3.05, 3.63) is 46.5 Å². The van der Waals surface area contributed by atoms with Crippen LogP contribution in [0, 0.1) is 0 Å². The number of allylic oxidation sites excluding steroid dienone is 1. The quantitative estimate of drug-likeness (QED) is 0.224. The zero-order valence-electron chi connectivity index (χ0n) is 15.4. The van der Waals surface area contributed by atoms with Crippen LogP contribution in [0.1, 0.15) is 58.4 Å². The number of rotatable bonds is 12. The number of hydrogen-bond acceptors (Lipinski definition) is 0. The van der Waals surface area contributed by atoms with E-state index in [1.807, 2.05) is 0 Å². The average molecular weight is 381 g/mol. The summed E-state index contributed by atoms with van der Waals surface area (Å²) in [6, 6.07) is 8.64. The number of hydrogen-bond donors (Lipinski definition) is 0. The van der Waals surface area contributed by atoms with Gasteiger partial charge in [-0.1, -0.05) is 60.3 Å². The Morgan fingerprint density at radius 1 is 0.870 bits per heavy atom. The summed E-state index contributed by atoms with van der Waals surface area (Å²) in [4.78, 5) is 0. The molecule has 0 bridgehead atoms. The largest absolute Gasteiger partial charge is 0.321 e. The fourth-order valence-corrected chi connectivity index (χ4v) is 3.34. The first-order chi connectivity index (χ1) is 11.2. The molecule has 0 heterocycles. The molecule has 2 heteroatoms. The lowest BCUT2D eigenvalue weighted by Gasteiger charge is -2.36. The van der Waals surface area contributed by atoms with Crippen LogP contribution in [0.4, 0.5) is 0 Å². The molecule has 0 aromatic heterocycles. The lowest BCUT2D eigenvalue weighted by molar-refractivity contribution is -0.919. The Balaban J connectivity index is 2.41. The normalized spacial score (nSPS) is 12.2. The third-order valence-electron chi connectivity index (χ3n) is 5.00. The van der Waals surface area contributed by atoms with Gasteiger partial charge in [0.25, 0.3) is 0 Å². The van der Waals surface area contributed by atoms with Crippen molar-refractivity contribution in [2.75, 3.05) is 26.2 Å². The van der Waals surface area contributed by atoms with Gasteiger partial charge in [0, 0.05) is 4.47 Å². The summed E-state index contributed by atoms with van der Waals surface area (Å²) in [5, 5.41) is 0. The summed E-state index contributed by atoms with van der Waals surface area (Å²) in [5.41, 5.74) is 1.38. The molecule has 0 saturated carbocycles. The van der Waals surface area contributed by atoms with E-state index in [0.29, 0.717) is 0 Å². The Hall–Kier alpha value is -0.600. The van der Waals surface area contributed by atoms with Gasteiger partial charge in [-0.05, 0) is 56.9 Å². The number of quaternary nitrogens is 1. The molecule has 1 aromatic rings. The summed E-state index contributed by atoms with van der Waals surface area (Å²) < 4.78 is 2.39. The zero-order valence-corrected chi connectivity index (χ0v) is 16.9. The highest BCUT2D eigenvalue weighted by atomic mass is 79.9. The highest BCUT2D eigenvalue weighted by molar-refractivity contribution is 9.10. The minimum atomic E-state index is 1.04. The van der Waals surface area contributed by atoms with Gasteiger partial charge in [0.2, 0.25) is 0 Å². The van der Waals surface area contributed by atoms with Crippen LogP contribution in [0.15, 0.2) is 40.9 Å². The molecular formula is C21H35BrN+. The summed E-state index contributed by atoms with van der Waals surface area (Å²) in [6.07, 6.45) is 12.7. The molecule has 0 spiro atoms. The number of benzene rings is 1. The van der Waals surface area contributed by atoms with Crippen LogP contribution in [0.2, 0.25) is 0 Å². The molecule has 0 aliphatic rings. The standard InChI is InChI=1S/C21H35BrN/c1-4-7-8-9-11-18-23(5-2,6-3)19-12-10-13-20-14-16-21(22)17-15-20/h10,12,14-17H,4-9,11,13,18-19H2,1-3H3/q+1/b12-10-. The highest BCUT2D eigenvalue weighted by Crippen LogP contribution is 2.13. The second-order valence-corrected chi connectivity index (χ2v) is 7.51. The minimum absolute atomic E-state index is 1.04. The Morgan fingerprint density at radius 2 is 1.52 bits per heavy atom. The van der Waals surface area contributed by atoms with Crippen molar-refractivity contribution in [2.45, 2.75) is 59.3 Å². The lowest BCUT2D eigenvalue weighted by atomic mass is 10.1. The molecule has 23 heavy (non-hydrogen) atoms. The first kappa shape index (κ1) is 20.4. The maximum atomic E-state index is 3.49. The summed E-state index contributed by atoms with van der Waals surface area (Å²) in [6.45, 7) is 12.0. The molecule has 0 saturated heterocycles. The molecule has 0 radical (unpaired) electrons. The van der Waals surface area contributed by atoms with Gasteiger partial charge in [0.05, 0.1) is 26.2 Å². The maximum Gasteiger partial charge on any atom is 0.0973 e. The van der Waals surface area contributed by atoms with Crippen LogP contribution in [0.5, 0.6) is 0 Å². The fraction of sp³-hybridized carbons (Fsp3) is 0.619. The van der Waals surface area contributed by atoms with Crippen LogP contribution in [-0.4, -0.2) is 30.7 Å². The second kappa shape index (κ2) is 11.9. The van der Waals surface area contributed by atoms with Gasteiger partial charge in [0.1, 0.15) is 0 Å². The SMILES string of the molecule is CCCCCCC[N+](CC)(CC)C/C=C\Cc1ccc(Br)cc1. The Bertz CT molecular complexity index is 432. The van der Waals surface area contributed by atoms with Crippen molar-refractivity contribution in [3.63, 3.8) is 0 Å². The topological polar surface area (TPSA) is 0 Å². The third-order valence-corrected chi connectivity index (χ3v) is 5.53. The van der Waals surface area contributed by atoms with Gasteiger partial charge in [-0.15, -0.1) is 0 Å². The first-order valence-corrected chi connectivity index (χ1v) is 10.2. The van der Waals surface area contributed by atoms with Crippen LogP contribution < -0.4 is 0 Å². The third kappa shape index (κ3) is 8.17. The number of nitrogens with zero attached hydrogens (tertiary/aromatic N) is 1. The molecule has 1 aromatic carbocycles. The predicted octanol–water partition coefficient (Wildman–Crippen LogP) is 6.37. The van der Waals surface area contributed by atoms with Gasteiger partial charge >= 0.3 is 0 Å². The van der Waals surface area contributed by atoms with E-state index in [-0.39, 0.29) is 0 Å².